The summed E-state index contributed by atoms with van der Waals surface area (Å²) in [7, 11) is 6.76. The number of hydrogen-bond donors (Lipinski definition) is 0. The summed E-state index contributed by atoms with van der Waals surface area (Å²) in [5.74, 6) is 1.77. The molecule has 2 aromatic carbocycles. The molecule has 0 aliphatic carbocycles. The van der Waals surface area contributed by atoms with Crippen LogP contribution in [0.5, 0.6) is 0 Å². The van der Waals surface area contributed by atoms with Gasteiger partial charge in [0.1, 0.15) is 0 Å². The molecule has 0 bridgehead atoms. The van der Waals surface area contributed by atoms with E-state index in [1.54, 1.807) is 0 Å². The first-order chi connectivity index (χ1) is 14.7. The molecule has 31 heavy (non-hydrogen) atoms. The van der Waals surface area contributed by atoms with Crippen molar-refractivity contribution in [1.29, 1.82) is 0 Å². The van der Waals surface area contributed by atoms with Crippen LogP contribution in [0.4, 0.5) is 0 Å². The number of imidazole rings is 1. The van der Waals surface area contributed by atoms with Crippen molar-refractivity contribution in [1.82, 2.24) is 9.13 Å². The standard InChI is InChI=1S/C27H36N2.Au.ClH/c1-18(2)22-11-9-12-23(19(3)4)26(22)28-15-16-29(17-28)27-24(20(5)6)13-10-14-25(27)21(7)8;;/h9-16,18-21H,1-8H3;;1H/q;-1;/p-1. The van der Waals surface area contributed by atoms with Crippen LogP contribution in [0.1, 0.15) is 101 Å². The van der Waals surface area contributed by atoms with Gasteiger partial charge in [0.05, 0.1) is 0 Å². The van der Waals surface area contributed by atoms with Crippen LogP contribution in [-0.2, 0) is 18.2 Å². The van der Waals surface area contributed by atoms with Crippen molar-refractivity contribution in [2.45, 2.75) is 79.1 Å². The molecule has 0 amide bonds. The van der Waals surface area contributed by atoms with Gasteiger partial charge in [-0.2, -0.15) is 0 Å². The molecule has 0 spiro atoms. The Kier molecular flexibility index (Phi) is 7.91. The zero-order valence-corrected chi connectivity index (χ0v) is 22.9. The molecule has 4 heteroatoms. The first kappa shape index (κ1) is 24.3. The van der Waals surface area contributed by atoms with Crippen molar-refractivity contribution in [2.24, 2.45) is 0 Å². The molecule has 0 saturated carbocycles. The van der Waals surface area contributed by atoms with Gasteiger partial charge in [0.2, 0.25) is 0 Å². The molecule has 2 nitrogen and oxygen atoms in total. The summed E-state index contributed by atoms with van der Waals surface area (Å²) in [6.45, 7) is 18.2. The van der Waals surface area contributed by atoms with Crippen LogP contribution in [0.15, 0.2) is 48.8 Å². The molecule has 1 heterocycles. The van der Waals surface area contributed by atoms with Crippen LogP contribution in [0.25, 0.3) is 11.4 Å². The summed E-state index contributed by atoms with van der Waals surface area (Å²) >= 11 is -0.550. The molecule has 3 rings (SSSR count). The second kappa shape index (κ2) is 10.1. The molecule has 0 saturated heterocycles. The maximum atomic E-state index is 6.76. The maximum absolute atomic E-state index is 6.76. The number of halogens is 1. The Morgan fingerprint density at radius 2 is 0.871 bits per heavy atom. The third-order valence-electron chi connectivity index (χ3n) is 5.94. The van der Waals surface area contributed by atoms with E-state index in [4.69, 9.17) is 9.19 Å². The van der Waals surface area contributed by atoms with E-state index in [0.717, 1.165) is 0 Å². The summed E-state index contributed by atoms with van der Waals surface area (Å²) in [5, 5.41) is 0. The molecule has 0 atom stereocenters. The van der Waals surface area contributed by atoms with Gasteiger partial charge in [0.15, 0.2) is 0 Å². The van der Waals surface area contributed by atoms with E-state index in [-0.39, 0.29) is 0 Å². The predicted molar refractivity (Wildman–Crippen MR) is 131 cm³/mol. The van der Waals surface area contributed by atoms with Crippen LogP contribution in [-0.4, -0.2) is 9.13 Å². The van der Waals surface area contributed by atoms with Crippen LogP contribution >= 0.6 is 9.19 Å². The minimum atomic E-state index is -0.550. The van der Waals surface area contributed by atoms with E-state index in [1.165, 1.54) is 37.3 Å². The number of aromatic nitrogens is 2. The first-order valence-corrected chi connectivity index (χ1v) is 15.0. The normalized spacial score (nSPS) is 12.2. The molecule has 0 radical (unpaired) electrons. The predicted octanol–water partition coefficient (Wildman–Crippen LogP) is 8.53. The van der Waals surface area contributed by atoms with Gasteiger partial charge >= 0.3 is 202 Å². The van der Waals surface area contributed by atoms with E-state index in [2.05, 4.69) is 113 Å². The van der Waals surface area contributed by atoms with Crippen molar-refractivity contribution in [3.63, 3.8) is 0 Å². The van der Waals surface area contributed by atoms with Gasteiger partial charge in [-0.1, -0.05) is 0 Å². The zero-order valence-electron chi connectivity index (χ0n) is 20.0. The van der Waals surface area contributed by atoms with Crippen molar-refractivity contribution in [3.05, 3.63) is 74.7 Å². The quantitative estimate of drug-likeness (QED) is 0.245. The minimum absolute atomic E-state index is 0.443. The Hall–Kier alpha value is -1.32. The number of nitrogens with zero attached hydrogens (tertiary/aromatic N) is 2. The fraction of sp³-hybridized carbons (Fsp3) is 0.444. The number of rotatable bonds is 6. The molecule has 1 aromatic heterocycles. The third kappa shape index (κ3) is 4.73. The Labute approximate surface area is 200 Å². The number of hydrogen-bond acceptors (Lipinski definition) is 0. The summed E-state index contributed by atoms with van der Waals surface area (Å²) in [4.78, 5) is 0. The second-order valence-electron chi connectivity index (χ2n) is 9.52. The van der Waals surface area contributed by atoms with Crippen molar-refractivity contribution in [3.8, 4) is 11.4 Å². The summed E-state index contributed by atoms with van der Waals surface area (Å²) < 4.78 is 5.95. The Balaban J connectivity index is 2.40. The van der Waals surface area contributed by atoms with Crippen LogP contribution in [0.2, 0.25) is 0 Å². The summed E-state index contributed by atoms with van der Waals surface area (Å²) in [5.41, 5.74) is 8.14. The fourth-order valence-corrected chi connectivity index (χ4v) is 6.41. The molecule has 0 aliphatic rings. The van der Waals surface area contributed by atoms with Gasteiger partial charge in [0.25, 0.3) is 0 Å². The van der Waals surface area contributed by atoms with Crippen molar-refractivity contribution < 1.29 is 18.2 Å². The van der Waals surface area contributed by atoms with Gasteiger partial charge in [-0.15, -0.1) is 0 Å². The molecule has 0 unspecified atom stereocenters. The van der Waals surface area contributed by atoms with Gasteiger partial charge in [-0.05, 0) is 0 Å². The Bertz CT molecular complexity index is 980. The Morgan fingerprint density at radius 1 is 0.581 bits per heavy atom. The van der Waals surface area contributed by atoms with E-state index in [0.29, 0.717) is 23.7 Å². The first-order valence-electron chi connectivity index (χ1n) is 11.3. The van der Waals surface area contributed by atoms with Gasteiger partial charge < -0.3 is 0 Å². The number of benzene rings is 2. The van der Waals surface area contributed by atoms with Crippen LogP contribution in [0.3, 0.4) is 0 Å². The third-order valence-corrected chi connectivity index (χ3v) is 8.19. The summed E-state index contributed by atoms with van der Waals surface area (Å²) in [6, 6.07) is 13.5. The van der Waals surface area contributed by atoms with E-state index in [1.807, 2.05) is 0 Å². The Morgan fingerprint density at radius 3 is 1.10 bits per heavy atom. The summed E-state index contributed by atoms with van der Waals surface area (Å²) in [6.07, 6.45) is 4.45. The van der Waals surface area contributed by atoms with Gasteiger partial charge in [0, 0.05) is 0 Å². The molecule has 3 aromatic rings. The second-order valence-corrected chi connectivity index (χ2v) is 11.8. The van der Waals surface area contributed by atoms with Crippen molar-refractivity contribution in [2.75, 3.05) is 0 Å². The van der Waals surface area contributed by atoms with E-state index < -0.39 is 18.2 Å². The molecular weight excluding hydrogens is 585 g/mol. The zero-order chi connectivity index (χ0) is 22.9. The molecular formula is C27H36AuClN2-2. The van der Waals surface area contributed by atoms with Gasteiger partial charge in [-0.3, -0.25) is 0 Å². The van der Waals surface area contributed by atoms with Gasteiger partial charge in [-0.25, -0.2) is 0 Å². The fourth-order valence-electron chi connectivity index (χ4n) is 4.31. The molecule has 174 valence electrons. The van der Waals surface area contributed by atoms with Crippen LogP contribution in [0, 0.1) is 3.63 Å². The van der Waals surface area contributed by atoms with E-state index in [9.17, 15) is 0 Å². The molecule has 0 aliphatic heterocycles. The number of para-hydroxylation sites is 2. The topological polar surface area (TPSA) is 9.86 Å². The SMILES string of the molecule is CC(C)c1cccc(C(C)C)c1-n1ccn(-c2c(C(C)C)cccc2C(C)C)[c]1=[Au-2][Cl]. The van der Waals surface area contributed by atoms with Crippen molar-refractivity contribution >= 4 is 9.19 Å². The monoisotopic (exact) mass is 620 g/mol. The molecule has 0 N–H and O–H groups in total. The molecule has 0 fully saturated rings. The average Bonchev–Trinajstić information content (AvgIpc) is 3.15. The van der Waals surface area contributed by atoms with E-state index >= 15 is 0 Å². The average molecular weight is 621 g/mol. The van der Waals surface area contributed by atoms with Crippen LogP contribution < -0.4 is 0 Å².